The Morgan fingerprint density at radius 2 is 2.04 bits per heavy atom. The van der Waals surface area contributed by atoms with Crippen molar-refractivity contribution in [1.82, 2.24) is 15.5 Å². The maximum absolute atomic E-state index is 12.0. The van der Waals surface area contributed by atoms with E-state index in [1.54, 1.807) is 12.3 Å². The molecule has 1 fully saturated rings. The molecule has 0 saturated carbocycles. The Bertz CT molecular complexity index is 719. The van der Waals surface area contributed by atoms with Gasteiger partial charge in [0.25, 0.3) is 0 Å². The fourth-order valence-corrected chi connectivity index (χ4v) is 3.18. The number of nitrogens with zero attached hydrogens (tertiary/aromatic N) is 2. The van der Waals surface area contributed by atoms with Gasteiger partial charge in [0.2, 0.25) is 5.91 Å². The number of amides is 1. The van der Waals surface area contributed by atoms with Crippen molar-refractivity contribution in [3.05, 3.63) is 60.1 Å². The predicted octanol–water partition coefficient (Wildman–Crippen LogP) is 2.97. The molecule has 1 atom stereocenters. The SMILES string of the molecule is CCNC(=NCC(=O)NCc1ccco1)N1CCC(c2ccccc2)C1.I. The second kappa shape index (κ2) is 11.0. The van der Waals surface area contributed by atoms with Crippen molar-refractivity contribution in [3.63, 3.8) is 0 Å². The van der Waals surface area contributed by atoms with E-state index in [9.17, 15) is 4.79 Å². The number of benzene rings is 1. The summed E-state index contributed by atoms with van der Waals surface area (Å²) in [4.78, 5) is 18.8. The molecule has 0 aliphatic carbocycles. The van der Waals surface area contributed by atoms with Gasteiger partial charge in [0.15, 0.2) is 5.96 Å². The standard InChI is InChI=1S/C20H26N4O2.HI/c1-2-21-20(23-14-19(25)22-13-18-9-6-12-26-18)24-11-10-17(15-24)16-7-4-3-5-8-16;/h3-9,12,17H,2,10-11,13-15H2,1H3,(H,21,23)(H,22,25);1H. The highest BCUT2D eigenvalue weighted by molar-refractivity contribution is 14.0. The largest absolute Gasteiger partial charge is 0.467 e. The minimum Gasteiger partial charge on any atom is -0.467 e. The molecule has 2 aromatic rings. The summed E-state index contributed by atoms with van der Waals surface area (Å²) in [6, 6.07) is 14.2. The van der Waals surface area contributed by atoms with Crippen LogP contribution in [0.4, 0.5) is 0 Å². The number of carbonyl (C=O) groups excluding carboxylic acids is 1. The van der Waals surface area contributed by atoms with Gasteiger partial charge in [-0.25, -0.2) is 4.99 Å². The molecule has 1 unspecified atom stereocenters. The lowest BCUT2D eigenvalue weighted by Crippen LogP contribution is -2.40. The van der Waals surface area contributed by atoms with E-state index in [2.05, 4.69) is 44.8 Å². The average molecular weight is 482 g/mol. The molecule has 1 aliphatic rings. The molecule has 2 N–H and O–H groups in total. The summed E-state index contributed by atoms with van der Waals surface area (Å²) >= 11 is 0. The zero-order valence-corrected chi connectivity index (χ0v) is 17.9. The van der Waals surface area contributed by atoms with Crippen molar-refractivity contribution in [2.24, 2.45) is 4.99 Å². The number of halogens is 1. The van der Waals surface area contributed by atoms with Crippen LogP contribution in [0.2, 0.25) is 0 Å². The van der Waals surface area contributed by atoms with Gasteiger partial charge in [0, 0.05) is 25.6 Å². The van der Waals surface area contributed by atoms with Crippen LogP contribution < -0.4 is 10.6 Å². The van der Waals surface area contributed by atoms with E-state index >= 15 is 0 Å². The van der Waals surface area contributed by atoms with E-state index in [4.69, 9.17) is 4.42 Å². The van der Waals surface area contributed by atoms with Crippen molar-refractivity contribution in [2.45, 2.75) is 25.8 Å². The fraction of sp³-hybridized carbons (Fsp3) is 0.400. The predicted molar refractivity (Wildman–Crippen MR) is 117 cm³/mol. The minimum absolute atomic E-state index is 0. The normalized spacial score (nSPS) is 16.7. The summed E-state index contributed by atoms with van der Waals surface area (Å²) in [5, 5.41) is 6.12. The summed E-state index contributed by atoms with van der Waals surface area (Å²) in [6.07, 6.45) is 2.69. The first-order valence-electron chi connectivity index (χ1n) is 9.13. The van der Waals surface area contributed by atoms with E-state index in [1.165, 1.54) is 5.56 Å². The quantitative estimate of drug-likeness (QED) is 0.378. The third-order valence-electron chi connectivity index (χ3n) is 4.51. The zero-order valence-electron chi connectivity index (χ0n) is 15.6. The summed E-state index contributed by atoms with van der Waals surface area (Å²) in [5.74, 6) is 1.93. The Labute approximate surface area is 177 Å². The molecule has 1 saturated heterocycles. The van der Waals surface area contributed by atoms with Gasteiger partial charge in [0.1, 0.15) is 12.3 Å². The number of likely N-dealkylation sites (tertiary alicyclic amines) is 1. The third-order valence-corrected chi connectivity index (χ3v) is 4.51. The molecule has 1 aliphatic heterocycles. The number of aliphatic imine (C=N–C) groups is 1. The Morgan fingerprint density at radius 1 is 1.22 bits per heavy atom. The van der Waals surface area contributed by atoms with Crippen molar-refractivity contribution in [1.29, 1.82) is 0 Å². The maximum Gasteiger partial charge on any atom is 0.242 e. The van der Waals surface area contributed by atoms with Gasteiger partial charge in [-0.1, -0.05) is 30.3 Å². The number of furan rings is 1. The van der Waals surface area contributed by atoms with Gasteiger partial charge in [0.05, 0.1) is 12.8 Å². The molecular weight excluding hydrogens is 455 g/mol. The van der Waals surface area contributed by atoms with Crippen LogP contribution in [-0.4, -0.2) is 42.9 Å². The topological polar surface area (TPSA) is 69.9 Å². The van der Waals surface area contributed by atoms with Gasteiger partial charge in [-0.2, -0.15) is 0 Å². The van der Waals surface area contributed by atoms with Crippen molar-refractivity contribution in [3.8, 4) is 0 Å². The van der Waals surface area contributed by atoms with Crippen LogP contribution in [0.15, 0.2) is 58.1 Å². The molecule has 6 nitrogen and oxygen atoms in total. The molecule has 0 bridgehead atoms. The van der Waals surface area contributed by atoms with Gasteiger partial charge < -0.3 is 20.0 Å². The van der Waals surface area contributed by atoms with Crippen LogP contribution in [0.5, 0.6) is 0 Å². The molecule has 2 heterocycles. The smallest absolute Gasteiger partial charge is 0.242 e. The monoisotopic (exact) mass is 482 g/mol. The number of carbonyl (C=O) groups is 1. The van der Waals surface area contributed by atoms with Gasteiger partial charge >= 0.3 is 0 Å². The average Bonchev–Trinajstić information content (AvgIpc) is 3.36. The minimum atomic E-state index is -0.115. The lowest BCUT2D eigenvalue weighted by molar-refractivity contribution is -0.119. The summed E-state index contributed by atoms with van der Waals surface area (Å²) in [7, 11) is 0. The lowest BCUT2D eigenvalue weighted by Gasteiger charge is -2.21. The lowest BCUT2D eigenvalue weighted by atomic mass is 9.99. The van der Waals surface area contributed by atoms with Crippen LogP contribution in [0.1, 0.15) is 30.6 Å². The van der Waals surface area contributed by atoms with Crippen LogP contribution in [0, 0.1) is 0 Å². The number of hydrogen-bond donors (Lipinski definition) is 2. The molecule has 1 aromatic heterocycles. The first-order chi connectivity index (χ1) is 12.8. The highest BCUT2D eigenvalue weighted by Crippen LogP contribution is 2.26. The second-order valence-corrected chi connectivity index (χ2v) is 6.37. The van der Waals surface area contributed by atoms with Crippen LogP contribution >= 0.6 is 24.0 Å². The van der Waals surface area contributed by atoms with Gasteiger partial charge in [-0.05, 0) is 31.0 Å². The van der Waals surface area contributed by atoms with Gasteiger partial charge in [-0.3, -0.25) is 4.79 Å². The number of rotatable bonds is 6. The van der Waals surface area contributed by atoms with Crippen LogP contribution in [-0.2, 0) is 11.3 Å². The Balaban J connectivity index is 0.00000261. The molecule has 7 heteroatoms. The van der Waals surface area contributed by atoms with E-state index < -0.39 is 0 Å². The Kier molecular flexibility index (Phi) is 8.63. The van der Waals surface area contributed by atoms with Crippen molar-refractivity contribution in [2.75, 3.05) is 26.2 Å². The van der Waals surface area contributed by atoms with E-state index in [0.29, 0.717) is 12.5 Å². The molecule has 0 spiro atoms. The summed E-state index contributed by atoms with van der Waals surface area (Å²) < 4.78 is 5.21. The maximum atomic E-state index is 12.0. The Morgan fingerprint density at radius 3 is 2.74 bits per heavy atom. The fourth-order valence-electron chi connectivity index (χ4n) is 3.18. The third kappa shape index (κ3) is 6.27. The second-order valence-electron chi connectivity index (χ2n) is 6.37. The molecule has 1 aromatic carbocycles. The molecule has 27 heavy (non-hydrogen) atoms. The molecule has 3 rings (SSSR count). The highest BCUT2D eigenvalue weighted by Gasteiger charge is 2.25. The number of hydrogen-bond acceptors (Lipinski definition) is 3. The van der Waals surface area contributed by atoms with Crippen LogP contribution in [0.25, 0.3) is 0 Å². The van der Waals surface area contributed by atoms with Crippen molar-refractivity contribution < 1.29 is 9.21 Å². The summed E-state index contributed by atoms with van der Waals surface area (Å²) in [6.45, 7) is 5.17. The molecule has 0 radical (unpaired) electrons. The summed E-state index contributed by atoms with van der Waals surface area (Å²) in [5.41, 5.74) is 1.36. The number of nitrogens with one attached hydrogen (secondary N) is 2. The molecule has 1 amide bonds. The highest BCUT2D eigenvalue weighted by atomic mass is 127. The number of guanidine groups is 1. The van der Waals surface area contributed by atoms with Crippen LogP contribution in [0.3, 0.4) is 0 Å². The van der Waals surface area contributed by atoms with E-state index in [1.807, 2.05) is 19.1 Å². The van der Waals surface area contributed by atoms with Crippen molar-refractivity contribution >= 4 is 35.8 Å². The van der Waals surface area contributed by atoms with E-state index in [0.717, 1.165) is 37.8 Å². The van der Waals surface area contributed by atoms with E-state index in [-0.39, 0.29) is 36.4 Å². The zero-order chi connectivity index (χ0) is 18.2. The first kappa shape index (κ1) is 21.3. The van der Waals surface area contributed by atoms with Gasteiger partial charge in [-0.15, -0.1) is 24.0 Å². The molecular formula is C20H27IN4O2. The first-order valence-corrected chi connectivity index (χ1v) is 9.13. The Hall–Kier alpha value is -2.03. The molecule has 146 valence electrons.